The van der Waals surface area contributed by atoms with Gasteiger partial charge < -0.3 is 5.11 Å². The van der Waals surface area contributed by atoms with Gasteiger partial charge in [0.05, 0.1) is 17.3 Å². The molecule has 0 saturated heterocycles. The van der Waals surface area contributed by atoms with Crippen LogP contribution in [0.15, 0.2) is 47.4 Å². The highest BCUT2D eigenvalue weighted by Gasteiger charge is 2.25. The van der Waals surface area contributed by atoms with E-state index in [2.05, 4.69) is 0 Å². The van der Waals surface area contributed by atoms with Gasteiger partial charge in [0.15, 0.2) is 0 Å². The lowest BCUT2D eigenvalue weighted by Gasteiger charge is -2.22. The Labute approximate surface area is 129 Å². The molecule has 0 bridgehead atoms. The van der Waals surface area contributed by atoms with E-state index >= 15 is 0 Å². The van der Waals surface area contributed by atoms with Gasteiger partial charge in [-0.25, -0.2) is 8.42 Å². The Morgan fingerprint density at radius 1 is 1.19 bits per heavy atom. The van der Waals surface area contributed by atoms with Crippen LogP contribution in [0.5, 0.6) is 0 Å². The van der Waals surface area contributed by atoms with Crippen molar-refractivity contribution in [2.75, 3.05) is 11.4 Å². The van der Waals surface area contributed by atoms with Gasteiger partial charge in [-0.2, -0.15) is 0 Å². The van der Waals surface area contributed by atoms with Crippen LogP contribution in [0, 0.1) is 6.92 Å². The van der Waals surface area contributed by atoms with E-state index in [1.807, 2.05) is 19.1 Å². The summed E-state index contributed by atoms with van der Waals surface area (Å²) >= 11 is 6.02. The molecule has 0 fully saturated rings. The third-order valence-corrected chi connectivity index (χ3v) is 5.52. The van der Waals surface area contributed by atoms with Gasteiger partial charge in [-0.1, -0.05) is 35.9 Å². The fourth-order valence-electron chi connectivity index (χ4n) is 2.04. The van der Waals surface area contributed by atoms with E-state index in [4.69, 9.17) is 16.7 Å². The number of rotatable bonds is 4. The van der Waals surface area contributed by atoms with Gasteiger partial charge in [-0.3, -0.25) is 4.31 Å². The number of anilines is 1. The summed E-state index contributed by atoms with van der Waals surface area (Å²) in [5, 5.41) is 9.30. The molecule has 2 aromatic rings. The Kier molecular flexibility index (Phi) is 4.56. The molecule has 6 heteroatoms. The van der Waals surface area contributed by atoms with Gasteiger partial charge in [-0.15, -0.1) is 0 Å². The number of aliphatic hydroxyl groups is 1. The van der Waals surface area contributed by atoms with Crippen LogP contribution in [0.2, 0.25) is 5.02 Å². The van der Waals surface area contributed by atoms with Crippen LogP contribution in [0.1, 0.15) is 11.1 Å². The van der Waals surface area contributed by atoms with E-state index in [0.717, 1.165) is 5.56 Å². The lowest BCUT2D eigenvalue weighted by molar-refractivity contribution is 0.281. The Bertz CT molecular complexity index is 759. The van der Waals surface area contributed by atoms with Crippen molar-refractivity contribution in [1.82, 2.24) is 0 Å². The fourth-order valence-corrected chi connectivity index (χ4v) is 3.82. The first kappa shape index (κ1) is 15.8. The molecule has 1 N–H and O–H groups in total. The molecule has 0 saturated carbocycles. The molecule has 0 spiro atoms. The number of benzene rings is 2. The minimum atomic E-state index is -3.79. The first-order valence-electron chi connectivity index (χ1n) is 6.31. The molecule has 0 unspecified atom stereocenters. The number of nitrogens with zero attached hydrogens (tertiary/aromatic N) is 1. The molecule has 2 rings (SSSR count). The van der Waals surface area contributed by atoms with E-state index in [1.54, 1.807) is 18.2 Å². The standard InChI is InChI=1S/C15H16ClNO3S/c1-11-5-3-4-6-14(11)17(2)21(19,20)15-9-12(10-18)7-8-13(15)16/h3-9,18H,10H2,1-2H3. The maximum Gasteiger partial charge on any atom is 0.265 e. The summed E-state index contributed by atoms with van der Waals surface area (Å²) in [4.78, 5) is -0.0125. The predicted octanol–water partition coefficient (Wildman–Crippen LogP) is 2.97. The van der Waals surface area contributed by atoms with E-state index in [-0.39, 0.29) is 16.5 Å². The van der Waals surface area contributed by atoms with E-state index < -0.39 is 10.0 Å². The van der Waals surface area contributed by atoms with Crippen LogP contribution in [0.4, 0.5) is 5.69 Å². The number of para-hydroxylation sites is 1. The SMILES string of the molecule is Cc1ccccc1N(C)S(=O)(=O)c1cc(CO)ccc1Cl. The van der Waals surface area contributed by atoms with Gasteiger partial charge in [0.2, 0.25) is 0 Å². The van der Waals surface area contributed by atoms with E-state index in [1.165, 1.54) is 23.5 Å². The topological polar surface area (TPSA) is 57.6 Å². The summed E-state index contributed by atoms with van der Waals surface area (Å²) in [7, 11) is -2.30. The second-order valence-corrected chi connectivity index (χ2v) is 7.03. The molecule has 21 heavy (non-hydrogen) atoms. The molecule has 0 heterocycles. The first-order chi connectivity index (χ1) is 9.87. The smallest absolute Gasteiger partial charge is 0.265 e. The third-order valence-electron chi connectivity index (χ3n) is 3.27. The van der Waals surface area contributed by atoms with Crippen LogP contribution in [0.25, 0.3) is 0 Å². The number of aryl methyl sites for hydroxylation is 1. The quantitative estimate of drug-likeness (QED) is 0.940. The fraction of sp³-hybridized carbons (Fsp3) is 0.200. The van der Waals surface area contributed by atoms with Crippen molar-refractivity contribution in [2.45, 2.75) is 18.4 Å². The molecular weight excluding hydrogens is 310 g/mol. The van der Waals surface area contributed by atoms with Crippen LogP contribution in [-0.2, 0) is 16.6 Å². The highest BCUT2D eigenvalue weighted by atomic mass is 35.5. The van der Waals surface area contributed by atoms with E-state index in [9.17, 15) is 8.42 Å². The van der Waals surface area contributed by atoms with Crippen molar-refractivity contribution in [1.29, 1.82) is 0 Å². The molecule has 112 valence electrons. The van der Waals surface area contributed by atoms with Gasteiger partial charge >= 0.3 is 0 Å². The molecule has 0 atom stereocenters. The lowest BCUT2D eigenvalue weighted by Crippen LogP contribution is -2.27. The van der Waals surface area contributed by atoms with Crippen molar-refractivity contribution in [2.24, 2.45) is 0 Å². The van der Waals surface area contributed by atoms with Gasteiger partial charge in [-0.05, 0) is 36.2 Å². The highest BCUT2D eigenvalue weighted by molar-refractivity contribution is 7.93. The second-order valence-electron chi connectivity index (χ2n) is 4.68. The monoisotopic (exact) mass is 325 g/mol. The minimum Gasteiger partial charge on any atom is -0.392 e. The number of hydrogen-bond donors (Lipinski definition) is 1. The maximum atomic E-state index is 12.7. The molecule has 2 aromatic carbocycles. The number of sulfonamides is 1. The summed E-state index contributed by atoms with van der Waals surface area (Å²) in [6.07, 6.45) is 0. The molecule has 0 aromatic heterocycles. The summed E-state index contributed by atoms with van der Waals surface area (Å²) < 4.78 is 26.7. The zero-order chi connectivity index (χ0) is 15.6. The zero-order valence-corrected chi connectivity index (χ0v) is 13.3. The number of halogens is 1. The predicted molar refractivity (Wildman–Crippen MR) is 84.1 cm³/mol. The van der Waals surface area contributed by atoms with Gasteiger partial charge in [0, 0.05) is 7.05 Å². The normalized spacial score (nSPS) is 11.4. The summed E-state index contributed by atoms with van der Waals surface area (Å²) in [5.74, 6) is 0. The van der Waals surface area contributed by atoms with Gasteiger partial charge in [0.1, 0.15) is 4.90 Å². The van der Waals surface area contributed by atoms with Crippen LogP contribution < -0.4 is 4.31 Å². The molecular formula is C15H16ClNO3S. The molecule has 0 aliphatic rings. The van der Waals surface area contributed by atoms with Crippen molar-refractivity contribution in [3.63, 3.8) is 0 Å². The average molecular weight is 326 g/mol. The van der Waals surface area contributed by atoms with Crippen molar-refractivity contribution >= 4 is 27.3 Å². The Morgan fingerprint density at radius 3 is 2.48 bits per heavy atom. The van der Waals surface area contributed by atoms with Crippen LogP contribution >= 0.6 is 11.6 Å². The summed E-state index contributed by atoms with van der Waals surface area (Å²) in [6, 6.07) is 11.7. The van der Waals surface area contributed by atoms with Crippen molar-refractivity contribution in [3.05, 3.63) is 58.6 Å². The maximum absolute atomic E-state index is 12.7. The molecule has 0 radical (unpaired) electrons. The minimum absolute atomic E-state index is 0.0125. The van der Waals surface area contributed by atoms with Gasteiger partial charge in [0.25, 0.3) is 10.0 Å². The number of hydrogen-bond acceptors (Lipinski definition) is 3. The molecule has 4 nitrogen and oxygen atoms in total. The summed E-state index contributed by atoms with van der Waals surface area (Å²) in [6.45, 7) is 1.60. The highest BCUT2D eigenvalue weighted by Crippen LogP contribution is 2.29. The first-order valence-corrected chi connectivity index (χ1v) is 8.13. The van der Waals surface area contributed by atoms with E-state index in [0.29, 0.717) is 11.3 Å². The summed E-state index contributed by atoms with van der Waals surface area (Å²) in [5.41, 5.74) is 1.93. The second kappa shape index (κ2) is 6.05. The third kappa shape index (κ3) is 3.05. The van der Waals surface area contributed by atoms with Crippen LogP contribution in [-0.4, -0.2) is 20.6 Å². The Hall–Kier alpha value is -1.56. The molecule has 0 amide bonds. The Morgan fingerprint density at radius 2 is 1.86 bits per heavy atom. The zero-order valence-electron chi connectivity index (χ0n) is 11.7. The Balaban J connectivity index is 2.54. The number of aliphatic hydroxyl groups excluding tert-OH is 1. The van der Waals surface area contributed by atoms with Crippen molar-refractivity contribution in [3.8, 4) is 0 Å². The largest absolute Gasteiger partial charge is 0.392 e. The average Bonchev–Trinajstić information content (AvgIpc) is 2.47. The van der Waals surface area contributed by atoms with Crippen LogP contribution in [0.3, 0.4) is 0 Å². The van der Waals surface area contributed by atoms with Crippen molar-refractivity contribution < 1.29 is 13.5 Å². The molecule has 0 aliphatic heterocycles. The lowest BCUT2D eigenvalue weighted by atomic mass is 10.2. The molecule has 0 aliphatic carbocycles.